The normalized spacial score (nSPS) is 26.1. The molecule has 1 heterocycles. The lowest BCUT2D eigenvalue weighted by molar-refractivity contribution is -0.163. The molecular weight excluding hydrogens is 264 g/mol. The van der Waals surface area contributed by atoms with Gasteiger partial charge in [0.1, 0.15) is 11.6 Å². The number of carbonyl (C=O) groups is 2. The van der Waals surface area contributed by atoms with Crippen molar-refractivity contribution in [2.75, 3.05) is 6.54 Å². The zero-order chi connectivity index (χ0) is 15.7. The molecule has 1 saturated heterocycles. The van der Waals surface area contributed by atoms with Gasteiger partial charge in [-0.3, -0.25) is 9.59 Å². The van der Waals surface area contributed by atoms with Crippen LogP contribution in [0.4, 0.5) is 0 Å². The lowest BCUT2D eigenvalue weighted by Gasteiger charge is -2.52. The molecule has 0 aromatic carbocycles. The molecule has 1 aliphatic heterocycles. The third-order valence-electron chi connectivity index (χ3n) is 5.01. The van der Waals surface area contributed by atoms with Crippen LogP contribution in [0.25, 0.3) is 0 Å². The fourth-order valence-corrected chi connectivity index (χ4v) is 3.68. The van der Waals surface area contributed by atoms with Crippen molar-refractivity contribution in [2.24, 2.45) is 5.41 Å². The first-order valence-corrected chi connectivity index (χ1v) is 8.45. The third kappa shape index (κ3) is 2.95. The Morgan fingerprint density at radius 2 is 1.81 bits per heavy atom. The summed E-state index contributed by atoms with van der Waals surface area (Å²) in [4.78, 5) is 27.8. The van der Waals surface area contributed by atoms with Crippen LogP contribution in [0, 0.1) is 5.41 Å². The highest BCUT2D eigenvalue weighted by atomic mass is 16.2. The van der Waals surface area contributed by atoms with Crippen molar-refractivity contribution in [2.45, 2.75) is 84.2 Å². The minimum atomic E-state index is -0.563. The fourth-order valence-electron chi connectivity index (χ4n) is 3.68. The maximum atomic E-state index is 13.0. The van der Waals surface area contributed by atoms with Crippen LogP contribution in [0.3, 0.4) is 0 Å². The summed E-state index contributed by atoms with van der Waals surface area (Å²) in [5.41, 5.74) is -0.806. The summed E-state index contributed by atoms with van der Waals surface area (Å²) in [5.74, 6) is 0.204. The van der Waals surface area contributed by atoms with E-state index in [0.717, 1.165) is 45.1 Å². The molecule has 21 heavy (non-hydrogen) atoms. The highest BCUT2D eigenvalue weighted by Gasteiger charge is 2.54. The van der Waals surface area contributed by atoms with Crippen LogP contribution in [-0.2, 0) is 9.59 Å². The molecule has 4 nitrogen and oxygen atoms in total. The van der Waals surface area contributed by atoms with Crippen LogP contribution in [0.5, 0.6) is 0 Å². The molecule has 1 aliphatic carbocycles. The van der Waals surface area contributed by atoms with Gasteiger partial charge in [0.15, 0.2) is 0 Å². The van der Waals surface area contributed by atoms with Crippen LogP contribution in [0.15, 0.2) is 0 Å². The Bertz CT molecular complexity index is 406. The number of carbonyl (C=O) groups excluding carboxylic acids is 2. The van der Waals surface area contributed by atoms with Crippen molar-refractivity contribution < 1.29 is 9.59 Å². The molecule has 1 atom stereocenters. The predicted octanol–water partition coefficient (Wildman–Crippen LogP) is 2.86. The van der Waals surface area contributed by atoms with E-state index in [0.29, 0.717) is 0 Å². The van der Waals surface area contributed by atoms with Crippen molar-refractivity contribution in [3.63, 3.8) is 0 Å². The number of rotatable bonds is 3. The maximum absolute atomic E-state index is 13.0. The second-order valence-corrected chi connectivity index (χ2v) is 7.71. The van der Waals surface area contributed by atoms with Gasteiger partial charge in [-0.15, -0.1) is 0 Å². The summed E-state index contributed by atoms with van der Waals surface area (Å²) in [6.45, 7) is 8.91. The summed E-state index contributed by atoms with van der Waals surface area (Å²) in [5, 5.41) is 3.04. The zero-order valence-corrected chi connectivity index (χ0v) is 14.0. The van der Waals surface area contributed by atoms with Crippen molar-refractivity contribution in [1.29, 1.82) is 0 Å². The topological polar surface area (TPSA) is 49.4 Å². The van der Waals surface area contributed by atoms with E-state index >= 15 is 0 Å². The quantitative estimate of drug-likeness (QED) is 0.870. The molecule has 120 valence electrons. The van der Waals surface area contributed by atoms with Crippen molar-refractivity contribution in [1.82, 2.24) is 10.2 Å². The summed E-state index contributed by atoms with van der Waals surface area (Å²) >= 11 is 0. The zero-order valence-electron chi connectivity index (χ0n) is 14.0. The Morgan fingerprint density at radius 3 is 2.33 bits per heavy atom. The molecule has 0 bridgehead atoms. The first-order valence-electron chi connectivity index (χ1n) is 8.45. The molecule has 0 radical (unpaired) electrons. The van der Waals surface area contributed by atoms with Gasteiger partial charge in [-0.25, -0.2) is 0 Å². The molecular formula is C17H30N2O2. The lowest BCUT2D eigenvalue weighted by Crippen LogP contribution is -2.73. The molecule has 1 N–H and O–H groups in total. The third-order valence-corrected chi connectivity index (χ3v) is 5.01. The van der Waals surface area contributed by atoms with Gasteiger partial charge >= 0.3 is 0 Å². The largest absolute Gasteiger partial charge is 0.342 e. The number of hydrogen-bond donors (Lipinski definition) is 1. The van der Waals surface area contributed by atoms with Gasteiger partial charge in [-0.2, -0.15) is 0 Å². The van der Waals surface area contributed by atoms with Crippen molar-refractivity contribution in [3.8, 4) is 0 Å². The summed E-state index contributed by atoms with van der Waals surface area (Å²) < 4.78 is 0. The van der Waals surface area contributed by atoms with Crippen LogP contribution in [-0.4, -0.2) is 34.8 Å². The summed E-state index contributed by atoms with van der Waals surface area (Å²) in [7, 11) is 0. The minimum Gasteiger partial charge on any atom is -0.342 e. The predicted molar refractivity (Wildman–Crippen MR) is 83.8 cm³/mol. The number of nitrogens with zero attached hydrogens (tertiary/aromatic N) is 1. The summed E-state index contributed by atoms with van der Waals surface area (Å²) in [6, 6.07) is -0.394. The highest BCUT2D eigenvalue weighted by Crippen LogP contribution is 2.39. The van der Waals surface area contributed by atoms with E-state index in [1.165, 1.54) is 6.42 Å². The lowest BCUT2D eigenvalue weighted by atomic mass is 9.74. The Morgan fingerprint density at radius 1 is 1.19 bits per heavy atom. The SMILES string of the molecule is CCCCN1C(=O)C(C(C)(C)C)NC(=O)C12CCCCC2. The van der Waals surface area contributed by atoms with Gasteiger partial charge in [0, 0.05) is 6.54 Å². The van der Waals surface area contributed by atoms with Crippen molar-refractivity contribution in [3.05, 3.63) is 0 Å². The van der Waals surface area contributed by atoms with Crippen LogP contribution in [0.1, 0.15) is 72.6 Å². The fraction of sp³-hybridized carbons (Fsp3) is 0.882. The standard InChI is InChI=1S/C17H30N2O2/c1-5-6-12-19-14(20)13(16(2,3)4)18-15(21)17(19)10-8-7-9-11-17/h13H,5-12H2,1-4H3,(H,18,21). The van der Waals surface area contributed by atoms with E-state index in [2.05, 4.69) is 12.2 Å². The van der Waals surface area contributed by atoms with Gasteiger partial charge in [-0.05, 0) is 24.7 Å². The molecule has 1 spiro atoms. The van der Waals surface area contributed by atoms with Crippen LogP contribution >= 0.6 is 0 Å². The highest BCUT2D eigenvalue weighted by molar-refractivity contribution is 6.00. The van der Waals surface area contributed by atoms with Crippen LogP contribution < -0.4 is 5.32 Å². The molecule has 2 fully saturated rings. The maximum Gasteiger partial charge on any atom is 0.246 e. The van der Waals surface area contributed by atoms with Gasteiger partial charge in [0.25, 0.3) is 0 Å². The number of hydrogen-bond acceptors (Lipinski definition) is 2. The Balaban J connectivity index is 2.32. The Labute approximate surface area is 128 Å². The molecule has 1 unspecified atom stereocenters. The van der Waals surface area contributed by atoms with E-state index in [9.17, 15) is 9.59 Å². The van der Waals surface area contributed by atoms with Crippen molar-refractivity contribution >= 4 is 11.8 Å². The van der Waals surface area contributed by atoms with Crippen LogP contribution in [0.2, 0.25) is 0 Å². The van der Waals surface area contributed by atoms with Gasteiger partial charge in [0.2, 0.25) is 11.8 Å². The second kappa shape index (κ2) is 5.98. The van der Waals surface area contributed by atoms with E-state index in [-0.39, 0.29) is 17.2 Å². The molecule has 2 amide bonds. The molecule has 2 aliphatic rings. The Kier molecular flexibility index (Phi) is 4.64. The van der Waals surface area contributed by atoms with E-state index < -0.39 is 11.6 Å². The number of nitrogens with one attached hydrogen (secondary N) is 1. The smallest absolute Gasteiger partial charge is 0.246 e. The molecule has 0 aromatic heterocycles. The van der Waals surface area contributed by atoms with E-state index in [4.69, 9.17) is 0 Å². The number of piperazine rings is 1. The summed E-state index contributed by atoms with van der Waals surface area (Å²) in [6.07, 6.45) is 6.93. The first-order chi connectivity index (χ1) is 9.83. The van der Waals surface area contributed by atoms with E-state index in [1.54, 1.807) is 0 Å². The average Bonchev–Trinajstić information content (AvgIpc) is 2.43. The van der Waals surface area contributed by atoms with E-state index in [1.807, 2.05) is 25.7 Å². The molecule has 1 saturated carbocycles. The monoisotopic (exact) mass is 294 g/mol. The van der Waals surface area contributed by atoms with Gasteiger partial charge < -0.3 is 10.2 Å². The average molecular weight is 294 g/mol. The van der Waals surface area contributed by atoms with Gasteiger partial charge in [-0.1, -0.05) is 53.4 Å². The van der Waals surface area contributed by atoms with Gasteiger partial charge in [0.05, 0.1) is 0 Å². The molecule has 4 heteroatoms. The number of amides is 2. The Hall–Kier alpha value is -1.06. The number of unbranched alkanes of at least 4 members (excludes halogenated alkanes) is 1. The molecule has 0 aromatic rings. The molecule has 2 rings (SSSR count). The first kappa shape index (κ1) is 16.3. The minimum absolute atomic E-state index is 0.0813. The second-order valence-electron chi connectivity index (χ2n) is 7.71.